The number of morpholine rings is 1. The molecule has 2 aromatic heterocycles. The van der Waals surface area contributed by atoms with Crippen LogP contribution in [-0.2, 0) is 20.6 Å². The number of rotatable bonds is 5. The lowest BCUT2D eigenvalue weighted by molar-refractivity contribution is -0.0852. The monoisotopic (exact) mass is 502 g/mol. The second kappa shape index (κ2) is 9.49. The smallest absolute Gasteiger partial charge is 0.325 e. The van der Waals surface area contributed by atoms with Crippen molar-refractivity contribution < 1.29 is 27.9 Å². The molecule has 3 aromatic rings. The third-order valence-electron chi connectivity index (χ3n) is 6.11. The highest BCUT2D eigenvalue weighted by molar-refractivity contribution is 7.16. The molecule has 1 aromatic carbocycles. The van der Waals surface area contributed by atoms with Gasteiger partial charge in [-0.2, -0.15) is 4.98 Å². The fourth-order valence-electron chi connectivity index (χ4n) is 4.47. The summed E-state index contributed by atoms with van der Waals surface area (Å²) in [6, 6.07) is 5.78. The topological polar surface area (TPSA) is 124 Å². The fraction of sp³-hybridized carbons (Fsp3) is 0.455. The Morgan fingerprint density at radius 3 is 2.86 bits per heavy atom. The Morgan fingerprint density at radius 2 is 2.03 bits per heavy atom. The van der Waals surface area contributed by atoms with Gasteiger partial charge in [-0.15, -0.1) is 0 Å². The number of hydrogen-bond acceptors (Lipinski definition) is 10. The molecule has 184 valence electrons. The van der Waals surface area contributed by atoms with E-state index in [2.05, 4.69) is 30.7 Å². The van der Waals surface area contributed by atoms with Crippen LogP contribution in [0, 0.1) is 5.82 Å². The van der Waals surface area contributed by atoms with Crippen molar-refractivity contribution in [2.24, 2.45) is 0 Å². The van der Waals surface area contributed by atoms with E-state index in [4.69, 9.17) is 18.7 Å². The molecule has 0 spiro atoms. The molecular formula is C22H23FN6O5S. The summed E-state index contributed by atoms with van der Waals surface area (Å²) in [5.74, 6) is 0.0628. The molecule has 5 heterocycles. The third-order valence-corrected chi connectivity index (χ3v) is 7.22. The molecule has 0 saturated carbocycles. The summed E-state index contributed by atoms with van der Waals surface area (Å²) >= 11 is 1.40. The van der Waals surface area contributed by atoms with Crippen LogP contribution >= 0.6 is 11.3 Å². The van der Waals surface area contributed by atoms with E-state index in [1.165, 1.54) is 23.5 Å². The van der Waals surface area contributed by atoms with Crippen molar-refractivity contribution in [1.29, 1.82) is 0 Å². The summed E-state index contributed by atoms with van der Waals surface area (Å²) in [5.41, 5.74) is 1.60. The van der Waals surface area contributed by atoms with Gasteiger partial charge in [-0.1, -0.05) is 16.5 Å². The Labute approximate surface area is 203 Å². The summed E-state index contributed by atoms with van der Waals surface area (Å²) < 4.78 is 35.6. The lowest BCUT2D eigenvalue weighted by atomic mass is 9.97. The number of aromatic nitrogens is 3. The minimum Gasteiger partial charge on any atom is -0.377 e. The molecule has 2 saturated heterocycles. The number of nitrogens with zero attached hydrogens (tertiary/aromatic N) is 4. The van der Waals surface area contributed by atoms with Crippen molar-refractivity contribution in [2.75, 3.05) is 49.8 Å². The molecule has 6 rings (SSSR count). The Kier molecular flexibility index (Phi) is 6.06. The van der Waals surface area contributed by atoms with E-state index in [0.29, 0.717) is 68.5 Å². The zero-order valence-electron chi connectivity index (χ0n) is 18.6. The van der Waals surface area contributed by atoms with E-state index in [1.807, 2.05) is 0 Å². The number of benzene rings is 1. The number of hydrogen-bond donors (Lipinski definition) is 2. The summed E-state index contributed by atoms with van der Waals surface area (Å²) in [6.45, 7) is 2.85. The Balaban J connectivity index is 1.17. The molecule has 2 bridgehead atoms. The van der Waals surface area contributed by atoms with Gasteiger partial charge < -0.3 is 29.0 Å². The zero-order valence-corrected chi connectivity index (χ0v) is 19.4. The number of anilines is 2. The highest BCUT2D eigenvalue weighted by Crippen LogP contribution is 2.43. The molecule has 13 heteroatoms. The predicted octanol–water partition coefficient (Wildman–Crippen LogP) is 2.37. The van der Waals surface area contributed by atoms with Crippen LogP contribution in [0.4, 0.5) is 20.3 Å². The van der Waals surface area contributed by atoms with E-state index in [0.717, 1.165) is 10.6 Å². The van der Waals surface area contributed by atoms with Gasteiger partial charge in [0, 0.05) is 18.5 Å². The Bertz CT molecular complexity index is 1200. The normalized spacial score (nSPS) is 23.6. The number of carbonyl (C=O) groups is 1. The predicted molar refractivity (Wildman–Crippen MR) is 123 cm³/mol. The van der Waals surface area contributed by atoms with Gasteiger partial charge in [-0.05, 0) is 24.3 Å². The lowest BCUT2D eigenvalue weighted by Gasteiger charge is -2.43. The molecular weight excluding hydrogens is 479 g/mol. The van der Waals surface area contributed by atoms with Gasteiger partial charge in [0.05, 0.1) is 61.8 Å². The van der Waals surface area contributed by atoms with E-state index in [1.54, 1.807) is 12.1 Å². The largest absolute Gasteiger partial charge is 0.377 e. The number of nitrogens with one attached hydrogen (secondary N) is 2. The number of halogens is 1. The average Bonchev–Trinajstić information content (AvgIpc) is 3.51. The van der Waals surface area contributed by atoms with Crippen LogP contribution in [0.3, 0.4) is 0 Å². The minimum absolute atomic E-state index is 0.0324. The van der Waals surface area contributed by atoms with Crippen molar-refractivity contribution in [2.45, 2.75) is 24.6 Å². The maximum atomic E-state index is 13.3. The highest BCUT2D eigenvalue weighted by Gasteiger charge is 2.43. The molecule has 3 aliphatic heterocycles. The first-order valence-corrected chi connectivity index (χ1v) is 12.2. The average molecular weight is 503 g/mol. The fourth-order valence-corrected chi connectivity index (χ4v) is 5.54. The van der Waals surface area contributed by atoms with E-state index >= 15 is 0 Å². The van der Waals surface area contributed by atoms with Crippen LogP contribution in [0.1, 0.15) is 16.6 Å². The van der Waals surface area contributed by atoms with Gasteiger partial charge >= 0.3 is 12.0 Å². The maximum Gasteiger partial charge on any atom is 0.325 e. The van der Waals surface area contributed by atoms with Crippen molar-refractivity contribution in [3.8, 4) is 11.4 Å². The number of amides is 2. The summed E-state index contributed by atoms with van der Waals surface area (Å²) in [7, 11) is 0. The van der Waals surface area contributed by atoms with E-state index in [-0.39, 0.29) is 30.0 Å². The van der Waals surface area contributed by atoms with Gasteiger partial charge in [-0.25, -0.2) is 14.2 Å². The van der Waals surface area contributed by atoms with Gasteiger partial charge in [0.25, 0.3) is 0 Å². The number of thiazole rings is 1. The maximum absolute atomic E-state index is 13.3. The standard InChI is InChI=1S/C22H23FN6O5S/c23-13-3-1-12(2-4-13)19-26-22(34-28-19)29-14-7-16-18(17(29)11-32-9-14)35-21(25-16)27-20(30)24-8-15-10-31-5-6-33-15/h1-4,14-15,17H,5-11H2,(H2,24,25,27,30)/t14-,15-,17-/m0/s1. The molecule has 2 amide bonds. The van der Waals surface area contributed by atoms with Crippen molar-refractivity contribution in [1.82, 2.24) is 20.4 Å². The molecule has 11 nitrogen and oxygen atoms in total. The van der Waals surface area contributed by atoms with E-state index in [9.17, 15) is 9.18 Å². The highest BCUT2D eigenvalue weighted by atomic mass is 32.1. The van der Waals surface area contributed by atoms with Crippen LogP contribution in [0.15, 0.2) is 28.8 Å². The second-order valence-corrected chi connectivity index (χ2v) is 9.49. The Morgan fingerprint density at radius 1 is 1.14 bits per heavy atom. The van der Waals surface area contributed by atoms with Crippen LogP contribution in [0.2, 0.25) is 0 Å². The summed E-state index contributed by atoms with van der Waals surface area (Å²) in [6.07, 6.45) is 0.464. The van der Waals surface area contributed by atoms with Crippen molar-refractivity contribution in [3.63, 3.8) is 0 Å². The molecule has 3 aliphatic rings. The van der Waals surface area contributed by atoms with Gasteiger partial charge in [0.2, 0.25) is 5.82 Å². The minimum atomic E-state index is -0.345. The molecule has 2 fully saturated rings. The van der Waals surface area contributed by atoms with Crippen LogP contribution in [0.25, 0.3) is 11.4 Å². The molecule has 35 heavy (non-hydrogen) atoms. The third kappa shape index (κ3) is 4.59. The second-order valence-electron chi connectivity index (χ2n) is 8.46. The molecule has 0 radical (unpaired) electrons. The number of fused-ring (bicyclic) bond motifs is 4. The van der Waals surface area contributed by atoms with Gasteiger partial charge in [-0.3, -0.25) is 5.32 Å². The lowest BCUT2D eigenvalue weighted by Crippen LogP contribution is -2.51. The van der Waals surface area contributed by atoms with Gasteiger partial charge in [0.15, 0.2) is 5.13 Å². The molecule has 0 aliphatic carbocycles. The first-order valence-electron chi connectivity index (χ1n) is 11.3. The number of urea groups is 1. The SMILES string of the molecule is O=C(NC[C@H]1COCCO1)Nc1nc2c(s1)[C@@H]1COC[C@H](C2)N1c1nc(-c2ccc(F)cc2)no1. The Hall–Kier alpha value is -3.13. The van der Waals surface area contributed by atoms with Crippen LogP contribution in [0.5, 0.6) is 0 Å². The molecule has 2 N–H and O–H groups in total. The number of ether oxygens (including phenoxy) is 3. The van der Waals surface area contributed by atoms with Crippen LogP contribution < -0.4 is 15.5 Å². The zero-order chi connectivity index (χ0) is 23.8. The summed E-state index contributed by atoms with van der Waals surface area (Å²) in [4.78, 5) is 24.7. The van der Waals surface area contributed by atoms with E-state index < -0.39 is 0 Å². The van der Waals surface area contributed by atoms with Gasteiger partial charge in [0.1, 0.15) is 5.82 Å². The first kappa shape index (κ1) is 22.3. The van der Waals surface area contributed by atoms with Crippen molar-refractivity contribution in [3.05, 3.63) is 40.7 Å². The quantitative estimate of drug-likeness (QED) is 0.541. The summed E-state index contributed by atoms with van der Waals surface area (Å²) in [5, 5.41) is 10.2. The molecule has 3 atom stereocenters. The first-order chi connectivity index (χ1) is 17.1. The van der Waals surface area contributed by atoms with Crippen molar-refractivity contribution >= 4 is 28.5 Å². The number of carbonyl (C=O) groups excluding carboxylic acids is 1. The molecule has 0 unspecified atom stereocenters. The van der Waals surface area contributed by atoms with Crippen LogP contribution in [-0.4, -0.2) is 72.9 Å².